The molecule has 2 aromatic carbocycles. The van der Waals surface area contributed by atoms with E-state index in [0.717, 1.165) is 16.5 Å². The number of hydrogen-bond acceptors (Lipinski definition) is 2. The zero-order valence-electron chi connectivity index (χ0n) is 10.9. The first kappa shape index (κ1) is 15.5. The topological polar surface area (TPSA) is 35.2 Å². The second-order valence-corrected chi connectivity index (χ2v) is 6.32. The Bertz CT molecular complexity index is 617. The number of rotatable bonds is 4. The summed E-state index contributed by atoms with van der Waals surface area (Å²) in [5.74, 6) is 0.938. The molecule has 5 heteroatoms. The lowest BCUT2D eigenvalue weighted by Crippen LogP contribution is -2.17. The smallest absolute Gasteiger partial charge is 0.141 e. The Kier molecular flexibility index (Phi) is 5.18. The van der Waals surface area contributed by atoms with Crippen LogP contribution in [-0.2, 0) is 6.42 Å². The Morgan fingerprint density at radius 3 is 2.50 bits per heavy atom. The van der Waals surface area contributed by atoms with Gasteiger partial charge in [0, 0.05) is 10.5 Å². The molecule has 2 rings (SSSR count). The van der Waals surface area contributed by atoms with E-state index < -0.39 is 0 Å². The summed E-state index contributed by atoms with van der Waals surface area (Å²) in [6, 6.07) is 10.1. The molecule has 2 N–H and O–H groups in total. The molecule has 0 bridgehead atoms. The number of halogens is 3. The van der Waals surface area contributed by atoms with Crippen LogP contribution in [0.3, 0.4) is 0 Å². The Morgan fingerprint density at radius 1 is 1.15 bits per heavy atom. The summed E-state index contributed by atoms with van der Waals surface area (Å²) in [4.78, 5) is 0. The fourth-order valence-electron chi connectivity index (χ4n) is 1.79. The molecule has 0 saturated heterocycles. The number of ether oxygens (including phenoxy) is 1. The van der Waals surface area contributed by atoms with Gasteiger partial charge in [0.1, 0.15) is 17.3 Å². The van der Waals surface area contributed by atoms with Gasteiger partial charge in [-0.2, -0.15) is 0 Å². The highest BCUT2D eigenvalue weighted by molar-refractivity contribution is 9.10. The highest BCUT2D eigenvalue weighted by atomic mass is 79.9. The van der Waals surface area contributed by atoms with Crippen LogP contribution in [0.5, 0.6) is 11.5 Å². The third-order valence-electron chi connectivity index (χ3n) is 2.69. The maximum atomic E-state index is 13.0. The van der Waals surface area contributed by atoms with Crippen molar-refractivity contribution in [3.05, 3.63) is 56.7 Å². The van der Waals surface area contributed by atoms with Crippen LogP contribution in [0.25, 0.3) is 0 Å². The minimum absolute atomic E-state index is 0.101. The van der Waals surface area contributed by atoms with Gasteiger partial charge in [-0.15, -0.1) is 0 Å². The van der Waals surface area contributed by atoms with Gasteiger partial charge in [0.05, 0.1) is 4.47 Å². The van der Waals surface area contributed by atoms with E-state index >= 15 is 0 Å². The molecule has 0 amide bonds. The SMILES string of the molecule is CC(N)Cc1ccc(Oc2ccc(F)cc2Br)cc1Br. The molecule has 0 radical (unpaired) electrons. The molecule has 1 atom stereocenters. The Balaban J connectivity index is 2.20. The quantitative estimate of drug-likeness (QED) is 0.777. The highest BCUT2D eigenvalue weighted by Gasteiger charge is 2.08. The van der Waals surface area contributed by atoms with Gasteiger partial charge < -0.3 is 10.5 Å². The first-order valence-electron chi connectivity index (χ1n) is 6.12. The molecule has 106 valence electrons. The second kappa shape index (κ2) is 6.70. The van der Waals surface area contributed by atoms with Crippen LogP contribution in [-0.4, -0.2) is 6.04 Å². The van der Waals surface area contributed by atoms with E-state index in [-0.39, 0.29) is 11.9 Å². The zero-order valence-corrected chi connectivity index (χ0v) is 14.0. The van der Waals surface area contributed by atoms with E-state index in [9.17, 15) is 4.39 Å². The van der Waals surface area contributed by atoms with E-state index in [1.54, 1.807) is 6.07 Å². The van der Waals surface area contributed by atoms with Crippen molar-refractivity contribution in [2.24, 2.45) is 5.73 Å². The molecule has 1 unspecified atom stereocenters. The minimum Gasteiger partial charge on any atom is -0.456 e. The van der Waals surface area contributed by atoms with Gasteiger partial charge in [0.15, 0.2) is 0 Å². The van der Waals surface area contributed by atoms with Crippen molar-refractivity contribution < 1.29 is 9.13 Å². The summed E-state index contributed by atoms with van der Waals surface area (Å²) < 4.78 is 20.3. The third-order valence-corrected chi connectivity index (χ3v) is 4.05. The maximum absolute atomic E-state index is 13.0. The molecule has 0 saturated carbocycles. The molecule has 0 aliphatic rings. The van der Waals surface area contributed by atoms with Crippen LogP contribution in [0, 0.1) is 5.82 Å². The summed E-state index contributed by atoms with van der Waals surface area (Å²) in [6.45, 7) is 1.96. The summed E-state index contributed by atoms with van der Waals surface area (Å²) in [7, 11) is 0. The fraction of sp³-hybridized carbons (Fsp3) is 0.200. The maximum Gasteiger partial charge on any atom is 0.141 e. The minimum atomic E-state index is -0.308. The summed E-state index contributed by atoms with van der Waals surface area (Å²) >= 11 is 6.79. The van der Waals surface area contributed by atoms with Crippen molar-refractivity contribution >= 4 is 31.9 Å². The second-order valence-electron chi connectivity index (χ2n) is 4.61. The van der Waals surface area contributed by atoms with Gasteiger partial charge in [-0.3, -0.25) is 0 Å². The van der Waals surface area contributed by atoms with Crippen LogP contribution in [0.4, 0.5) is 4.39 Å². The molecule has 0 spiro atoms. The Labute approximate surface area is 134 Å². The largest absolute Gasteiger partial charge is 0.456 e. The van der Waals surface area contributed by atoms with Gasteiger partial charge in [-0.1, -0.05) is 22.0 Å². The van der Waals surface area contributed by atoms with Crippen LogP contribution in [0.15, 0.2) is 45.3 Å². The Hall–Kier alpha value is -0.910. The molecule has 0 aliphatic heterocycles. The standard InChI is InChI=1S/C15H14Br2FNO/c1-9(19)6-10-2-4-12(8-13(10)16)20-15-5-3-11(18)7-14(15)17/h2-5,7-9H,6,19H2,1H3. The molecular formula is C15H14Br2FNO. The highest BCUT2D eigenvalue weighted by Crippen LogP contribution is 2.32. The van der Waals surface area contributed by atoms with Crippen molar-refractivity contribution in [1.29, 1.82) is 0 Å². The van der Waals surface area contributed by atoms with Gasteiger partial charge in [0.2, 0.25) is 0 Å². The van der Waals surface area contributed by atoms with Crippen LogP contribution < -0.4 is 10.5 Å². The summed E-state index contributed by atoms with van der Waals surface area (Å²) in [5, 5.41) is 0. The average Bonchev–Trinajstić information content (AvgIpc) is 2.36. The molecule has 0 aliphatic carbocycles. The molecule has 0 aromatic heterocycles. The fourth-order valence-corrected chi connectivity index (χ4v) is 2.74. The van der Waals surface area contributed by atoms with Crippen LogP contribution in [0.2, 0.25) is 0 Å². The lowest BCUT2D eigenvalue weighted by Gasteiger charge is -2.11. The Morgan fingerprint density at radius 2 is 1.90 bits per heavy atom. The molecule has 0 fully saturated rings. The van der Waals surface area contributed by atoms with Crippen molar-refractivity contribution in [3.8, 4) is 11.5 Å². The van der Waals surface area contributed by atoms with Crippen LogP contribution >= 0.6 is 31.9 Å². The van der Waals surface area contributed by atoms with Crippen molar-refractivity contribution in [2.45, 2.75) is 19.4 Å². The zero-order chi connectivity index (χ0) is 14.7. The number of benzene rings is 2. The molecular weight excluding hydrogens is 389 g/mol. The first-order chi connectivity index (χ1) is 9.45. The lowest BCUT2D eigenvalue weighted by molar-refractivity contribution is 0.476. The van der Waals surface area contributed by atoms with E-state index in [0.29, 0.717) is 16.0 Å². The first-order valence-corrected chi connectivity index (χ1v) is 7.71. The monoisotopic (exact) mass is 401 g/mol. The summed E-state index contributed by atoms with van der Waals surface area (Å²) in [6.07, 6.45) is 0.793. The van der Waals surface area contributed by atoms with Gasteiger partial charge >= 0.3 is 0 Å². The lowest BCUT2D eigenvalue weighted by atomic mass is 10.1. The number of nitrogens with two attached hydrogens (primary N) is 1. The van der Waals surface area contributed by atoms with E-state index in [1.807, 2.05) is 25.1 Å². The van der Waals surface area contributed by atoms with E-state index in [1.165, 1.54) is 12.1 Å². The number of hydrogen-bond donors (Lipinski definition) is 1. The molecule has 0 heterocycles. The molecule has 2 nitrogen and oxygen atoms in total. The van der Waals surface area contributed by atoms with Gasteiger partial charge in [0.25, 0.3) is 0 Å². The van der Waals surface area contributed by atoms with Gasteiger partial charge in [-0.05, 0) is 65.2 Å². The van der Waals surface area contributed by atoms with E-state index in [4.69, 9.17) is 10.5 Å². The van der Waals surface area contributed by atoms with Crippen molar-refractivity contribution in [3.63, 3.8) is 0 Å². The third kappa shape index (κ3) is 4.04. The van der Waals surface area contributed by atoms with Gasteiger partial charge in [-0.25, -0.2) is 4.39 Å². The van der Waals surface area contributed by atoms with Crippen molar-refractivity contribution in [1.82, 2.24) is 0 Å². The summed E-state index contributed by atoms with van der Waals surface area (Å²) in [5.41, 5.74) is 6.93. The average molecular weight is 403 g/mol. The normalized spacial score (nSPS) is 12.2. The van der Waals surface area contributed by atoms with Crippen LogP contribution in [0.1, 0.15) is 12.5 Å². The predicted octanol–water partition coefficient (Wildman–Crippen LogP) is 5.03. The molecule has 2 aromatic rings. The van der Waals surface area contributed by atoms with E-state index in [2.05, 4.69) is 31.9 Å². The van der Waals surface area contributed by atoms with Crippen molar-refractivity contribution in [2.75, 3.05) is 0 Å². The molecule has 20 heavy (non-hydrogen) atoms. The predicted molar refractivity (Wildman–Crippen MR) is 85.7 cm³/mol.